The number of aromatic hydroxyl groups is 1. The number of carbonyl (C=O) groups is 1. The van der Waals surface area contributed by atoms with E-state index in [9.17, 15) is 14.3 Å². The van der Waals surface area contributed by atoms with Gasteiger partial charge in [-0.2, -0.15) is 4.98 Å². The summed E-state index contributed by atoms with van der Waals surface area (Å²) >= 11 is 4.56. The SMILES string of the molecule is Cc1cc(Br)cc2c1=NC(=O)C=2c1sc(Nc2ccc(F)cc2)nc1O. The maximum absolute atomic E-state index is 13.0. The smallest absolute Gasteiger partial charge is 0.279 e. The van der Waals surface area contributed by atoms with Crippen molar-refractivity contribution in [3.63, 3.8) is 0 Å². The summed E-state index contributed by atoms with van der Waals surface area (Å²) in [6.07, 6.45) is 0. The first-order valence-corrected chi connectivity index (χ1v) is 9.19. The molecular weight excluding hydrogens is 421 g/mol. The van der Waals surface area contributed by atoms with E-state index in [2.05, 4.69) is 31.2 Å². The minimum absolute atomic E-state index is 0.247. The van der Waals surface area contributed by atoms with Crippen molar-refractivity contribution in [1.82, 2.24) is 4.98 Å². The Balaban J connectivity index is 1.81. The third-order valence-corrected chi connectivity index (χ3v) is 5.33. The topological polar surface area (TPSA) is 74.6 Å². The molecule has 8 heteroatoms. The predicted molar refractivity (Wildman–Crippen MR) is 101 cm³/mol. The Morgan fingerprint density at radius 1 is 1.23 bits per heavy atom. The lowest BCUT2D eigenvalue weighted by atomic mass is 10.1. The van der Waals surface area contributed by atoms with E-state index in [-0.39, 0.29) is 11.7 Å². The minimum atomic E-state index is -0.409. The van der Waals surface area contributed by atoms with E-state index < -0.39 is 5.91 Å². The van der Waals surface area contributed by atoms with Gasteiger partial charge in [-0.3, -0.25) is 4.79 Å². The second-order valence-corrected chi connectivity index (χ2v) is 7.63. The van der Waals surface area contributed by atoms with Crippen molar-refractivity contribution in [2.45, 2.75) is 6.92 Å². The fourth-order valence-corrected chi connectivity index (χ4v) is 4.25. The van der Waals surface area contributed by atoms with Crippen molar-refractivity contribution < 1.29 is 14.3 Å². The Morgan fingerprint density at radius 2 is 1.96 bits per heavy atom. The molecule has 1 aliphatic heterocycles. The number of carbonyl (C=O) groups excluding carboxylic acids is 1. The number of amides is 1. The average Bonchev–Trinajstić information content (AvgIpc) is 3.09. The van der Waals surface area contributed by atoms with Crippen LogP contribution in [0, 0.1) is 12.7 Å². The summed E-state index contributed by atoms with van der Waals surface area (Å²) in [5, 5.41) is 14.9. The molecule has 0 atom stereocenters. The van der Waals surface area contributed by atoms with Crippen molar-refractivity contribution in [2.24, 2.45) is 4.99 Å². The summed E-state index contributed by atoms with van der Waals surface area (Å²) in [6.45, 7) is 1.87. The van der Waals surface area contributed by atoms with Gasteiger partial charge in [0.15, 0.2) is 5.13 Å². The second-order valence-electron chi connectivity index (χ2n) is 5.71. The maximum Gasteiger partial charge on any atom is 0.279 e. The lowest BCUT2D eigenvalue weighted by Crippen LogP contribution is -2.26. The molecule has 0 radical (unpaired) electrons. The molecule has 0 fully saturated rings. The zero-order valence-corrected chi connectivity index (χ0v) is 15.8. The fraction of sp³-hybridized carbons (Fsp3) is 0.0556. The minimum Gasteiger partial charge on any atom is -0.492 e. The number of anilines is 2. The van der Waals surface area contributed by atoms with Crippen LogP contribution in [0.2, 0.25) is 0 Å². The molecule has 0 aliphatic carbocycles. The van der Waals surface area contributed by atoms with Crippen molar-refractivity contribution in [3.05, 3.63) is 67.7 Å². The summed E-state index contributed by atoms with van der Waals surface area (Å²) in [6, 6.07) is 9.45. The number of hydrogen-bond donors (Lipinski definition) is 2. The highest BCUT2D eigenvalue weighted by Gasteiger charge is 2.25. The van der Waals surface area contributed by atoms with Gasteiger partial charge in [0, 0.05) is 15.4 Å². The molecular formula is C18H11BrFN3O2S. The fourth-order valence-electron chi connectivity index (χ4n) is 2.75. The van der Waals surface area contributed by atoms with Crippen LogP contribution in [-0.4, -0.2) is 16.0 Å². The third-order valence-electron chi connectivity index (χ3n) is 3.89. The van der Waals surface area contributed by atoms with Gasteiger partial charge in [0.2, 0.25) is 5.88 Å². The third kappa shape index (κ3) is 2.91. The van der Waals surface area contributed by atoms with Gasteiger partial charge in [0.05, 0.1) is 10.9 Å². The Morgan fingerprint density at radius 3 is 2.69 bits per heavy atom. The molecule has 0 spiro atoms. The summed E-state index contributed by atoms with van der Waals surface area (Å²) in [7, 11) is 0. The van der Waals surface area contributed by atoms with Gasteiger partial charge >= 0.3 is 0 Å². The number of aromatic nitrogens is 1. The molecule has 2 aromatic carbocycles. The lowest BCUT2D eigenvalue weighted by molar-refractivity contribution is -0.112. The quantitative estimate of drug-likeness (QED) is 0.667. The molecule has 26 heavy (non-hydrogen) atoms. The number of nitrogens with zero attached hydrogens (tertiary/aromatic N) is 2. The van der Waals surface area contributed by atoms with Gasteiger partial charge < -0.3 is 10.4 Å². The lowest BCUT2D eigenvalue weighted by Gasteiger charge is -2.01. The molecule has 3 aromatic rings. The highest BCUT2D eigenvalue weighted by molar-refractivity contribution is 9.10. The summed E-state index contributed by atoms with van der Waals surface area (Å²) in [4.78, 5) is 21.0. The van der Waals surface area contributed by atoms with E-state index in [1.54, 1.807) is 18.2 Å². The largest absolute Gasteiger partial charge is 0.492 e. The molecule has 0 saturated heterocycles. The highest BCUT2D eigenvalue weighted by atomic mass is 79.9. The van der Waals surface area contributed by atoms with Crippen LogP contribution in [0.3, 0.4) is 0 Å². The van der Waals surface area contributed by atoms with Crippen molar-refractivity contribution in [1.29, 1.82) is 0 Å². The molecule has 2 heterocycles. The van der Waals surface area contributed by atoms with Gasteiger partial charge in [-0.15, -0.1) is 0 Å². The van der Waals surface area contributed by atoms with Gasteiger partial charge in [-0.05, 0) is 48.9 Å². The van der Waals surface area contributed by atoms with Gasteiger partial charge in [-0.25, -0.2) is 9.38 Å². The van der Waals surface area contributed by atoms with E-state index >= 15 is 0 Å². The molecule has 0 unspecified atom stereocenters. The number of aryl methyl sites for hydroxylation is 1. The van der Waals surface area contributed by atoms with E-state index in [0.717, 1.165) is 21.4 Å². The number of halogens is 2. The van der Waals surface area contributed by atoms with Crippen LogP contribution in [0.1, 0.15) is 10.4 Å². The predicted octanol–water partition coefficient (Wildman–Crippen LogP) is 3.16. The number of nitrogens with one attached hydrogen (secondary N) is 1. The number of hydrogen-bond acceptors (Lipinski definition) is 5. The first-order valence-electron chi connectivity index (χ1n) is 7.58. The number of fused-ring (bicyclic) bond motifs is 1. The molecule has 0 bridgehead atoms. The molecule has 0 saturated carbocycles. The zero-order chi connectivity index (χ0) is 18.4. The van der Waals surface area contributed by atoms with Crippen LogP contribution in [0.25, 0.3) is 5.57 Å². The Hall–Kier alpha value is -2.58. The van der Waals surface area contributed by atoms with Crippen LogP contribution >= 0.6 is 27.3 Å². The van der Waals surface area contributed by atoms with Crippen LogP contribution in [-0.2, 0) is 4.79 Å². The molecule has 1 aliphatic rings. The Kier molecular flexibility index (Phi) is 4.08. The van der Waals surface area contributed by atoms with Gasteiger partial charge in [0.25, 0.3) is 5.91 Å². The maximum atomic E-state index is 13.0. The highest BCUT2D eigenvalue weighted by Crippen LogP contribution is 2.35. The van der Waals surface area contributed by atoms with E-state index in [1.807, 2.05) is 13.0 Å². The van der Waals surface area contributed by atoms with Gasteiger partial charge in [-0.1, -0.05) is 27.3 Å². The Bertz CT molecular complexity index is 1170. The summed E-state index contributed by atoms with van der Waals surface area (Å²) < 4.78 is 13.8. The first-order chi connectivity index (χ1) is 12.4. The Labute approximate surface area is 159 Å². The van der Waals surface area contributed by atoms with Crippen LogP contribution in [0.4, 0.5) is 15.2 Å². The second kappa shape index (κ2) is 6.30. The molecule has 1 aromatic heterocycles. The number of rotatable bonds is 3. The van der Waals surface area contributed by atoms with E-state index in [0.29, 0.717) is 31.8 Å². The first kappa shape index (κ1) is 16.9. The van der Waals surface area contributed by atoms with Gasteiger partial charge in [0.1, 0.15) is 10.7 Å². The average molecular weight is 432 g/mol. The van der Waals surface area contributed by atoms with E-state index in [4.69, 9.17) is 0 Å². The van der Waals surface area contributed by atoms with Crippen molar-refractivity contribution in [2.75, 3.05) is 5.32 Å². The molecule has 5 nitrogen and oxygen atoms in total. The molecule has 4 rings (SSSR count). The monoisotopic (exact) mass is 431 g/mol. The summed E-state index contributed by atoms with van der Waals surface area (Å²) in [5.41, 5.74) is 1.82. The van der Waals surface area contributed by atoms with Crippen LogP contribution < -0.4 is 15.9 Å². The van der Waals surface area contributed by atoms with Crippen LogP contribution in [0.15, 0.2) is 45.9 Å². The zero-order valence-electron chi connectivity index (χ0n) is 13.4. The molecule has 1 amide bonds. The molecule has 130 valence electrons. The normalized spacial score (nSPS) is 12.9. The van der Waals surface area contributed by atoms with Crippen molar-refractivity contribution >= 4 is 49.6 Å². The van der Waals surface area contributed by atoms with Crippen LogP contribution in [0.5, 0.6) is 5.88 Å². The number of benzene rings is 2. The molecule has 2 N–H and O–H groups in total. The van der Waals surface area contributed by atoms with Crippen molar-refractivity contribution in [3.8, 4) is 5.88 Å². The standard InChI is InChI=1S/C18H11BrFN3O2S/c1-8-6-9(19)7-12-13(16(24)22-14(8)12)15-17(25)23-18(26-15)21-11-4-2-10(20)3-5-11/h2-7,25H,1H3,(H,21,23). The number of thiazole rings is 1. The summed E-state index contributed by atoms with van der Waals surface area (Å²) in [5.74, 6) is -0.998. The van der Waals surface area contributed by atoms with E-state index in [1.165, 1.54) is 12.1 Å².